The van der Waals surface area contributed by atoms with Crippen molar-refractivity contribution >= 4 is 16.8 Å². The van der Waals surface area contributed by atoms with Gasteiger partial charge in [0, 0.05) is 0 Å². The zero-order chi connectivity index (χ0) is 12.6. The van der Waals surface area contributed by atoms with Gasteiger partial charge in [-0.3, -0.25) is 4.79 Å². The van der Waals surface area contributed by atoms with Crippen molar-refractivity contribution in [3.05, 3.63) is 34.9 Å². The summed E-state index contributed by atoms with van der Waals surface area (Å²) in [5.41, 5.74) is 3.71. The van der Waals surface area contributed by atoms with E-state index in [2.05, 4.69) is 18.2 Å². The molecule has 0 heterocycles. The van der Waals surface area contributed by atoms with Gasteiger partial charge in [0.15, 0.2) is 0 Å². The first-order chi connectivity index (χ1) is 8.72. The number of fused-ring (bicyclic) bond motifs is 1. The van der Waals surface area contributed by atoms with Gasteiger partial charge in [-0.15, -0.1) is 0 Å². The average molecular weight is 263 g/mol. The van der Waals surface area contributed by atoms with Crippen molar-refractivity contribution in [1.29, 1.82) is 0 Å². The molecular formula is C16H19ClO. The van der Waals surface area contributed by atoms with Crippen LogP contribution in [0.25, 0.3) is 0 Å². The van der Waals surface area contributed by atoms with Crippen LogP contribution in [0, 0.1) is 0 Å². The van der Waals surface area contributed by atoms with Crippen LogP contribution in [0.4, 0.5) is 0 Å². The molecule has 1 aromatic carbocycles. The van der Waals surface area contributed by atoms with Crippen LogP contribution >= 0.6 is 11.6 Å². The molecule has 1 fully saturated rings. The molecule has 0 bridgehead atoms. The third kappa shape index (κ3) is 1.89. The monoisotopic (exact) mass is 262 g/mol. The molecule has 3 rings (SSSR count). The first kappa shape index (κ1) is 12.2. The fourth-order valence-corrected chi connectivity index (χ4v) is 3.91. The smallest absolute Gasteiger partial charge is 0.232 e. The molecule has 0 saturated heterocycles. The van der Waals surface area contributed by atoms with Gasteiger partial charge in [0.1, 0.15) is 0 Å². The van der Waals surface area contributed by atoms with E-state index in [-0.39, 0.29) is 10.7 Å². The van der Waals surface area contributed by atoms with Crippen LogP contribution in [0.1, 0.15) is 55.2 Å². The molecule has 0 N–H and O–H groups in total. The summed E-state index contributed by atoms with van der Waals surface area (Å²) < 4.78 is 0. The lowest BCUT2D eigenvalue weighted by atomic mass is 9.77. The second-order valence-corrected chi connectivity index (χ2v) is 6.10. The van der Waals surface area contributed by atoms with Crippen molar-refractivity contribution in [3.63, 3.8) is 0 Å². The quantitative estimate of drug-likeness (QED) is 0.732. The molecule has 0 atom stereocenters. The van der Waals surface area contributed by atoms with Gasteiger partial charge in [-0.2, -0.15) is 0 Å². The number of benzene rings is 1. The van der Waals surface area contributed by atoms with Crippen LogP contribution in [-0.2, 0) is 23.1 Å². The number of carbonyl (C=O) groups excluding carboxylic acids is 1. The fraction of sp³-hybridized carbons (Fsp3) is 0.562. The molecule has 2 aliphatic carbocycles. The summed E-state index contributed by atoms with van der Waals surface area (Å²) in [6.07, 6.45) is 9.02. The SMILES string of the molecule is O=C(Cl)C1(c2ccc3c(c2)CCCC3)CCCC1. The predicted octanol–water partition coefficient (Wildman–Crippen LogP) is 4.14. The molecule has 96 valence electrons. The van der Waals surface area contributed by atoms with Gasteiger partial charge in [0.25, 0.3) is 0 Å². The molecule has 2 heteroatoms. The summed E-state index contributed by atoms with van der Waals surface area (Å²) in [4.78, 5) is 11.9. The van der Waals surface area contributed by atoms with E-state index in [4.69, 9.17) is 11.6 Å². The molecule has 1 aromatic rings. The lowest BCUT2D eigenvalue weighted by molar-refractivity contribution is -0.116. The van der Waals surface area contributed by atoms with Gasteiger partial charge in [0.05, 0.1) is 5.41 Å². The highest BCUT2D eigenvalue weighted by Crippen LogP contribution is 2.43. The minimum atomic E-state index is -0.381. The minimum absolute atomic E-state index is 0.157. The normalized spacial score (nSPS) is 21.6. The van der Waals surface area contributed by atoms with Crippen LogP contribution in [0.3, 0.4) is 0 Å². The number of halogens is 1. The maximum atomic E-state index is 11.9. The third-order valence-electron chi connectivity index (χ3n) is 4.73. The predicted molar refractivity (Wildman–Crippen MR) is 74.1 cm³/mol. The number of hydrogen-bond acceptors (Lipinski definition) is 1. The lowest BCUT2D eigenvalue weighted by Gasteiger charge is -2.27. The Morgan fingerprint density at radius 3 is 2.33 bits per heavy atom. The van der Waals surface area contributed by atoms with Crippen LogP contribution in [0.5, 0.6) is 0 Å². The molecule has 1 nitrogen and oxygen atoms in total. The van der Waals surface area contributed by atoms with E-state index >= 15 is 0 Å². The highest BCUT2D eigenvalue weighted by atomic mass is 35.5. The van der Waals surface area contributed by atoms with Gasteiger partial charge < -0.3 is 0 Å². The van der Waals surface area contributed by atoms with Crippen molar-refractivity contribution in [2.75, 3.05) is 0 Å². The average Bonchev–Trinajstić information content (AvgIpc) is 2.89. The zero-order valence-corrected chi connectivity index (χ0v) is 11.4. The standard InChI is InChI=1S/C16H19ClO/c17-15(18)16(9-3-4-10-16)14-8-7-12-5-1-2-6-13(12)11-14/h7-8,11H,1-6,9-10H2. The zero-order valence-electron chi connectivity index (χ0n) is 10.7. The number of aryl methyl sites for hydroxylation is 2. The minimum Gasteiger partial charge on any atom is -0.280 e. The summed E-state index contributed by atoms with van der Waals surface area (Å²) in [7, 11) is 0. The largest absolute Gasteiger partial charge is 0.280 e. The van der Waals surface area contributed by atoms with E-state index < -0.39 is 0 Å². The Hall–Kier alpha value is -0.820. The summed E-state index contributed by atoms with van der Waals surface area (Å²) >= 11 is 5.92. The third-order valence-corrected chi connectivity index (χ3v) is 5.10. The fourth-order valence-electron chi connectivity index (χ4n) is 3.61. The molecule has 0 spiro atoms. The first-order valence-corrected chi connectivity index (χ1v) is 7.42. The molecular weight excluding hydrogens is 244 g/mol. The highest BCUT2D eigenvalue weighted by Gasteiger charge is 2.41. The maximum Gasteiger partial charge on any atom is 0.232 e. The first-order valence-electron chi connectivity index (χ1n) is 7.05. The Bertz CT molecular complexity index is 472. The van der Waals surface area contributed by atoms with Gasteiger partial charge in [0.2, 0.25) is 5.24 Å². The van der Waals surface area contributed by atoms with Crippen LogP contribution in [0.15, 0.2) is 18.2 Å². The number of carbonyl (C=O) groups is 1. The topological polar surface area (TPSA) is 17.1 Å². The molecule has 2 aliphatic rings. The molecule has 0 aliphatic heterocycles. The number of hydrogen-bond donors (Lipinski definition) is 0. The molecule has 1 saturated carbocycles. The Labute approximate surface area is 114 Å². The van der Waals surface area contributed by atoms with Crippen LogP contribution < -0.4 is 0 Å². The van der Waals surface area contributed by atoms with Gasteiger partial charge in [-0.1, -0.05) is 31.0 Å². The molecule has 0 unspecified atom stereocenters. The van der Waals surface area contributed by atoms with Crippen molar-refractivity contribution in [2.45, 2.75) is 56.8 Å². The molecule has 0 amide bonds. The van der Waals surface area contributed by atoms with Crippen molar-refractivity contribution in [3.8, 4) is 0 Å². The highest BCUT2D eigenvalue weighted by molar-refractivity contribution is 6.65. The summed E-state index contributed by atoms with van der Waals surface area (Å²) in [6, 6.07) is 6.64. The Kier molecular flexibility index (Phi) is 3.19. The van der Waals surface area contributed by atoms with Crippen molar-refractivity contribution < 1.29 is 4.79 Å². The van der Waals surface area contributed by atoms with Crippen molar-refractivity contribution in [2.24, 2.45) is 0 Å². The van der Waals surface area contributed by atoms with Crippen LogP contribution in [0.2, 0.25) is 0 Å². The summed E-state index contributed by atoms with van der Waals surface area (Å²) in [5, 5.41) is -0.157. The maximum absolute atomic E-state index is 11.9. The van der Waals surface area contributed by atoms with E-state index in [1.807, 2.05) is 0 Å². The molecule has 18 heavy (non-hydrogen) atoms. The lowest BCUT2D eigenvalue weighted by Crippen LogP contribution is -2.29. The molecule has 0 aromatic heterocycles. The van der Waals surface area contributed by atoms with Gasteiger partial charge in [-0.05, 0) is 66.8 Å². The molecule has 0 radical (unpaired) electrons. The van der Waals surface area contributed by atoms with E-state index in [0.717, 1.165) is 32.1 Å². The van der Waals surface area contributed by atoms with E-state index in [1.54, 1.807) is 0 Å². The Morgan fingerprint density at radius 2 is 1.67 bits per heavy atom. The van der Waals surface area contributed by atoms with Gasteiger partial charge in [-0.25, -0.2) is 0 Å². The summed E-state index contributed by atoms with van der Waals surface area (Å²) in [6.45, 7) is 0. The Morgan fingerprint density at radius 1 is 1.00 bits per heavy atom. The summed E-state index contributed by atoms with van der Waals surface area (Å²) in [5.74, 6) is 0. The Balaban J connectivity index is 2.02. The van der Waals surface area contributed by atoms with Gasteiger partial charge >= 0.3 is 0 Å². The van der Waals surface area contributed by atoms with E-state index in [9.17, 15) is 4.79 Å². The number of rotatable bonds is 2. The second kappa shape index (κ2) is 4.70. The van der Waals surface area contributed by atoms with Crippen molar-refractivity contribution in [1.82, 2.24) is 0 Å². The van der Waals surface area contributed by atoms with Crippen LogP contribution in [-0.4, -0.2) is 5.24 Å². The van der Waals surface area contributed by atoms with E-state index in [1.165, 1.54) is 36.0 Å². The van der Waals surface area contributed by atoms with E-state index in [0.29, 0.717) is 0 Å². The second-order valence-electron chi connectivity index (χ2n) is 5.75.